The second-order valence-corrected chi connectivity index (χ2v) is 4.74. The van der Waals surface area contributed by atoms with Gasteiger partial charge in [-0.25, -0.2) is 0 Å². The van der Waals surface area contributed by atoms with Gasteiger partial charge in [0.25, 0.3) is 0 Å². The molecule has 0 saturated heterocycles. The zero-order valence-electron chi connectivity index (χ0n) is 11.4. The predicted molar refractivity (Wildman–Crippen MR) is 74.3 cm³/mol. The molecule has 0 fully saturated rings. The molecule has 0 aromatic carbocycles. The molecule has 1 aromatic heterocycles. The van der Waals surface area contributed by atoms with E-state index in [1.54, 1.807) is 0 Å². The van der Waals surface area contributed by atoms with Crippen LogP contribution in [0.15, 0.2) is 12.3 Å². The van der Waals surface area contributed by atoms with Gasteiger partial charge in [-0.1, -0.05) is 51.9 Å². The number of unbranched alkanes of at least 4 members (excludes halogenated alkanes) is 7. The lowest BCUT2D eigenvalue weighted by Crippen LogP contribution is -2.06. The Labute approximate surface area is 106 Å². The van der Waals surface area contributed by atoms with Gasteiger partial charge in [0.2, 0.25) is 0 Å². The predicted octanol–water partition coefficient (Wildman–Crippen LogP) is 3.97. The minimum Gasteiger partial charge on any atom is -0.370 e. The van der Waals surface area contributed by atoms with E-state index in [0.29, 0.717) is 0 Å². The third-order valence-electron chi connectivity index (χ3n) is 3.16. The second-order valence-electron chi connectivity index (χ2n) is 4.74. The van der Waals surface area contributed by atoms with E-state index in [1.165, 1.54) is 51.4 Å². The van der Waals surface area contributed by atoms with Gasteiger partial charge in [-0.2, -0.15) is 5.10 Å². The maximum Gasteiger partial charge on any atom is 0.123 e. The Balaban J connectivity index is 1.86. The highest BCUT2D eigenvalue weighted by Gasteiger charge is 1.96. The SMILES string of the molecule is CCCCCCCCCCNc1ccnn1C. The van der Waals surface area contributed by atoms with Gasteiger partial charge in [0.15, 0.2) is 0 Å². The van der Waals surface area contributed by atoms with Gasteiger partial charge in [-0.3, -0.25) is 4.68 Å². The minimum atomic E-state index is 1.06. The van der Waals surface area contributed by atoms with Gasteiger partial charge in [0.1, 0.15) is 5.82 Å². The number of nitrogens with zero attached hydrogens (tertiary/aromatic N) is 2. The van der Waals surface area contributed by atoms with Crippen LogP contribution in [-0.4, -0.2) is 16.3 Å². The summed E-state index contributed by atoms with van der Waals surface area (Å²) in [7, 11) is 1.97. The average Bonchev–Trinajstić information content (AvgIpc) is 2.73. The number of hydrogen-bond donors (Lipinski definition) is 1. The summed E-state index contributed by atoms with van der Waals surface area (Å²) in [4.78, 5) is 0. The van der Waals surface area contributed by atoms with E-state index in [1.807, 2.05) is 24.0 Å². The molecule has 1 rings (SSSR count). The van der Waals surface area contributed by atoms with Crippen molar-refractivity contribution >= 4 is 5.82 Å². The molecule has 1 aromatic rings. The van der Waals surface area contributed by atoms with Crippen LogP contribution in [0.1, 0.15) is 58.3 Å². The first-order chi connectivity index (χ1) is 8.34. The molecule has 0 radical (unpaired) electrons. The van der Waals surface area contributed by atoms with Crippen molar-refractivity contribution in [3.8, 4) is 0 Å². The summed E-state index contributed by atoms with van der Waals surface area (Å²) in [5, 5.41) is 7.53. The van der Waals surface area contributed by atoms with Crippen LogP contribution in [0, 0.1) is 0 Å². The molecular weight excluding hydrogens is 210 g/mol. The maximum absolute atomic E-state index is 4.13. The number of aromatic nitrogens is 2. The van der Waals surface area contributed by atoms with E-state index in [0.717, 1.165) is 12.4 Å². The Morgan fingerprint density at radius 2 is 1.71 bits per heavy atom. The van der Waals surface area contributed by atoms with Crippen LogP contribution in [-0.2, 0) is 7.05 Å². The summed E-state index contributed by atoms with van der Waals surface area (Å²) in [6.07, 6.45) is 12.8. The smallest absolute Gasteiger partial charge is 0.123 e. The lowest BCUT2D eigenvalue weighted by Gasteiger charge is -2.06. The average molecular weight is 237 g/mol. The Bertz CT molecular complexity index is 281. The standard InChI is InChI=1S/C14H27N3/c1-3-4-5-6-7-8-9-10-12-15-14-11-13-16-17(14)2/h11,13,15H,3-10,12H2,1-2H3. The number of anilines is 1. The summed E-state index contributed by atoms with van der Waals surface area (Å²) in [5.74, 6) is 1.12. The van der Waals surface area contributed by atoms with Crippen molar-refractivity contribution in [1.82, 2.24) is 9.78 Å². The van der Waals surface area contributed by atoms with Crippen LogP contribution >= 0.6 is 0 Å². The fourth-order valence-electron chi connectivity index (χ4n) is 2.02. The van der Waals surface area contributed by atoms with Gasteiger partial charge >= 0.3 is 0 Å². The topological polar surface area (TPSA) is 29.9 Å². The highest BCUT2D eigenvalue weighted by Crippen LogP contribution is 2.09. The highest BCUT2D eigenvalue weighted by atomic mass is 15.3. The van der Waals surface area contributed by atoms with Crippen LogP contribution in [0.25, 0.3) is 0 Å². The molecular formula is C14H27N3. The molecule has 0 bridgehead atoms. The fraction of sp³-hybridized carbons (Fsp3) is 0.786. The van der Waals surface area contributed by atoms with E-state index in [2.05, 4.69) is 17.3 Å². The number of hydrogen-bond acceptors (Lipinski definition) is 2. The van der Waals surface area contributed by atoms with E-state index in [9.17, 15) is 0 Å². The van der Waals surface area contributed by atoms with Crippen molar-refractivity contribution in [1.29, 1.82) is 0 Å². The summed E-state index contributed by atoms with van der Waals surface area (Å²) < 4.78 is 1.88. The van der Waals surface area contributed by atoms with E-state index >= 15 is 0 Å². The first-order valence-corrected chi connectivity index (χ1v) is 7.06. The summed E-state index contributed by atoms with van der Waals surface area (Å²) in [6.45, 7) is 3.33. The van der Waals surface area contributed by atoms with Crippen molar-refractivity contribution in [2.75, 3.05) is 11.9 Å². The molecule has 0 atom stereocenters. The van der Waals surface area contributed by atoms with Crippen LogP contribution in [0.5, 0.6) is 0 Å². The first kappa shape index (κ1) is 14.1. The summed E-state index contributed by atoms with van der Waals surface area (Å²) >= 11 is 0. The molecule has 1 N–H and O–H groups in total. The molecule has 0 spiro atoms. The van der Waals surface area contributed by atoms with Crippen LogP contribution < -0.4 is 5.32 Å². The van der Waals surface area contributed by atoms with Gasteiger partial charge in [-0.05, 0) is 6.42 Å². The molecule has 3 heteroatoms. The Hall–Kier alpha value is -0.990. The molecule has 0 unspecified atom stereocenters. The third kappa shape index (κ3) is 6.35. The lowest BCUT2D eigenvalue weighted by molar-refractivity contribution is 0.580. The van der Waals surface area contributed by atoms with Crippen molar-refractivity contribution in [2.24, 2.45) is 7.05 Å². The van der Waals surface area contributed by atoms with Crippen LogP contribution in [0.2, 0.25) is 0 Å². The van der Waals surface area contributed by atoms with Gasteiger partial charge in [0.05, 0.1) is 6.20 Å². The van der Waals surface area contributed by atoms with Gasteiger partial charge in [-0.15, -0.1) is 0 Å². The fourth-order valence-corrected chi connectivity index (χ4v) is 2.02. The minimum absolute atomic E-state index is 1.06. The first-order valence-electron chi connectivity index (χ1n) is 7.06. The number of nitrogens with one attached hydrogen (secondary N) is 1. The van der Waals surface area contributed by atoms with Crippen molar-refractivity contribution in [3.05, 3.63) is 12.3 Å². The van der Waals surface area contributed by atoms with Gasteiger partial charge in [0, 0.05) is 19.7 Å². The third-order valence-corrected chi connectivity index (χ3v) is 3.16. The Kier molecular flexibility index (Phi) is 7.52. The molecule has 0 amide bonds. The van der Waals surface area contributed by atoms with E-state index in [4.69, 9.17) is 0 Å². The molecule has 0 aliphatic rings. The monoisotopic (exact) mass is 237 g/mol. The zero-order valence-corrected chi connectivity index (χ0v) is 11.4. The Morgan fingerprint density at radius 1 is 1.06 bits per heavy atom. The molecule has 1 heterocycles. The number of aryl methyl sites for hydroxylation is 1. The molecule has 0 aliphatic heterocycles. The van der Waals surface area contributed by atoms with Crippen molar-refractivity contribution in [3.63, 3.8) is 0 Å². The highest BCUT2D eigenvalue weighted by molar-refractivity contribution is 5.32. The Morgan fingerprint density at radius 3 is 2.29 bits per heavy atom. The maximum atomic E-state index is 4.13. The molecule has 0 saturated carbocycles. The zero-order chi connectivity index (χ0) is 12.3. The van der Waals surface area contributed by atoms with Gasteiger partial charge < -0.3 is 5.32 Å². The van der Waals surface area contributed by atoms with Crippen LogP contribution in [0.4, 0.5) is 5.82 Å². The second kappa shape index (κ2) is 9.08. The van der Waals surface area contributed by atoms with E-state index in [-0.39, 0.29) is 0 Å². The number of rotatable bonds is 10. The quantitative estimate of drug-likeness (QED) is 0.624. The normalized spacial score (nSPS) is 10.7. The van der Waals surface area contributed by atoms with Crippen molar-refractivity contribution < 1.29 is 0 Å². The lowest BCUT2D eigenvalue weighted by atomic mass is 10.1. The largest absolute Gasteiger partial charge is 0.370 e. The molecule has 0 aliphatic carbocycles. The molecule has 17 heavy (non-hydrogen) atoms. The van der Waals surface area contributed by atoms with E-state index < -0.39 is 0 Å². The van der Waals surface area contributed by atoms with Crippen LogP contribution in [0.3, 0.4) is 0 Å². The molecule has 98 valence electrons. The van der Waals surface area contributed by atoms with Crippen molar-refractivity contribution in [2.45, 2.75) is 58.3 Å². The summed E-state index contributed by atoms with van der Waals surface area (Å²) in [6, 6.07) is 2.02. The summed E-state index contributed by atoms with van der Waals surface area (Å²) in [5.41, 5.74) is 0. The molecule has 3 nitrogen and oxygen atoms in total.